The average molecular weight is 216 g/mol. The number of aryl methyl sites for hydroxylation is 1. The van der Waals surface area contributed by atoms with Gasteiger partial charge in [0, 0.05) is 12.2 Å². The second kappa shape index (κ2) is 4.23. The van der Waals surface area contributed by atoms with Crippen LogP contribution in [-0.4, -0.2) is 19.2 Å². The minimum atomic E-state index is -0.374. The molecule has 2 rings (SSSR count). The molecule has 1 aliphatic rings. The molecule has 4 heteroatoms. The Kier molecular flexibility index (Phi) is 2.78. The number of nitriles is 1. The van der Waals surface area contributed by atoms with Gasteiger partial charge in [-0.3, -0.25) is 4.90 Å². The molecular formula is C12H12N2O2. The van der Waals surface area contributed by atoms with Crippen molar-refractivity contribution in [3.05, 3.63) is 29.8 Å². The van der Waals surface area contributed by atoms with Crippen molar-refractivity contribution < 1.29 is 9.53 Å². The molecule has 0 spiro atoms. The van der Waals surface area contributed by atoms with Crippen LogP contribution in [0.15, 0.2) is 24.3 Å². The Morgan fingerprint density at radius 3 is 2.94 bits per heavy atom. The summed E-state index contributed by atoms with van der Waals surface area (Å²) in [5, 5.41) is 8.84. The Labute approximate surface area is 94.0 Å². The number of cyclic esters (lactones) is 1. The van der Waals surface area contributed by atoms with E-state index in [0.29, 0.717) is 6.54 Å². The molecule has 0 N–H and O–H groups in total. The van der Waals surface area contributed by atoms with Crippen LogP contribution in [-0.2, 0) is 4.74 Å². The van der Waals surface area contributed by atoms with Crippen molar-refractivity contribution >= 4 is 11.8 Å². The predicted octanol–water partition coefficient (Wildman–Crippen LogP) is 2.09. The Morgan fingerprint density at radius 1 is 1.50 bits per heavy atom. The molecule has 1 aromatic rings. The van der Waals surface area contributed by atoms with Crippen molar-refractivity contribution in [1.29, 1.82) is 5.26 Å². The Hall–Kier alpha value is -2.02. The molecule has 0 aliphatic carbocycles. The summed E-state index contributed by atoms with van der Waals surface area (Å²) >= 11 is 0. The van der Waals surface area contributed by atoms with Gasteiger partial charge in [-0.1, -0.05) is 18.2 Å². The standard InChI is InChI=1S/C12H12N2O2/c1-9-4-2-3-5-11(9)14-7-10(6-13)8-16-12(14)15/h2-5,10H,7-8H2,1H3. The molecule has 0 radical (unpaired) electrons. The third-order valence-electron chi connectivity index (χ3n) is 2.62. The van der Waals surface area contributed by atoms with Crippen molar-refractivity contribution in [3.63, 3.8) is 0 Å². The van der Waals surface area contributed by atoms with E-state index < -0.39 is 0 Å². The maximum absolute atomic E-state index is 11.6. The summed E-state index contributed by atoms with van der Waals surface area (Å²) in [5.41, 5.74) is 1.81. The fraction of sp³-hybridized carbons (Fsp3) is 0.333. The van der Waals surface area contributed by atoms with Gasteiger partial charge in [0.05, 0.1) is 12.0 Å². The van der Waals surface area contributed by atoms with Crippen LogP contribution >= 0.6 is 0 Å². The third kappa shape index (κ3) is 1.84. The number of hydrogen-bond donors (Lipinski definition) is 0. The summed E-state index contributed by atoms with van der Waals surface area (Å²) in [6.45, 7) is 2.52. The van der Waals surface area contributed by atoms with Crippen molar-refractivity contribution in [1.82, 2.24) is 0 Å². The molecule has 1 saturated heterocycles. The average Bonchev–Trinajstić information content (AvgIpc) is 2.31. The number of amides is 1. The molecule has 0 aromatic heterocycles. The van der Waals surface area contributed by atoms with E-state index in [2.05, 4.69) is 6.07 Å². The fourth-order valence-corrected chi connectivity index (χ4v) is 1.74. The van der Waals surface area contributed by atoms with Crippen LogP contribution in [0.3, 0.4) is 0 Å². The summed E-state index contributed by atoms with van der Waals surface area (Å²) in [4.78, 5) is 13.1. The number of nitrogens with zero attached hydrogens (tertiary/aromatic N) is 2. The minimum absolute atomic E-state index is 0.192. The van der Waals surface area contributed by atoms with Crippen LogP contribution in [0.5, 0.6) is 0 Å². The van der Waals surface area contributed by atoms with E-state index in [1.165, 1.54) is 4.90 Å². The summed E-state index contributed by atoms with van der Waals surface area (Å²) < 4.78 is 4.97. The van der Waals surface area contributed by atoms with Gasteiger partial charge in [0.15, 0.2) is 0 Å². The van der Waals surface area contributed by atoms with Gasteiger partial charge in [-0.25, -0.2) is 4.79 Å². The number of hydrogen-bond acceptors (Lipinski definition) is 3. The zero-order valence-electron chi connectivity index (χ0n) is 9.01. The third-order valence-corrected chi connectivity index (χ3v) is 2.62. The van der Waals surface area contributed by atoms with Gasteiger partial charge in [-0.2, -0.15) is 5.26 Å². The van der Waals surface area contributed by atoms with Crippen molar-refractivity contribution in [2.45, 2.75) is 6.92 Å². The van der Waals surface area contributed by atoms with E-state index in [1.54, 1.807) is 0 Å². The Balaban J connectivity index is 2.29. The summed E-state index contributed by atoms with van der Waals surface area (Å²) in [6, 6.07) is 9.69. The number of anilines is 1. The highest BCUT2D eigenvalue weighted by Gasteiger charge is 2.28. The zero-order chi connectivity index (χ0) is 11.5. The van der Waals surface area contributed by atoms with Crippen molar-refractivity contribution in [3.8, 4) is 6.07 Å². The molecule has 1 fully saturated rings. The van der Waals surface area contributed by atoms with Gasteiger partial charge in [0.1, 0.15) is 6.61 Å². The molecule has 0 bridgehead atoms. The van der Waals surface area contributed by atoms with E-state index in [0.717, 1.165) is 11.3 Å². The molecule has 0 saturated carbocycles. The molecule has 1 aliphatic heterocycles. The second-order valence-corrected chi connectivity index (χ2v) is 3.80. The molecule has 16 heavy (non-hydrogen) atoms. The lowest BCUT2D eigenvalue weighted by Gasteiger charge is -2.30. The zero-order valence-corrected chi connectivity index (χ0v) is 9.01. The molecule has 1 unspecified atom stereocenters. The van der Waals surface area contributed by atoms with Gasteiger partial charge in [-0.05, 0) is 18.6 Å². The summed E-state index contributed by atoms with van der Waals surface area (Å²) in [7, 11) is 0. The van der Waals surface area contributed by atoms with Crippen LogP contribution in [0.1, 0.15) is 5.56 Å². The SMILES string of the molecule is Cc1ccccc1N1CC(C#N)COC1=O. The topological polar surface area (TPSA) is 53.3 Å². The van der Waals surface area contributed by atoms with Gasteiger partial charge < -0.3 is 4.74 Å². The lowest BCUT2D eigenvalue weighted by molar-refractivity contribution is 0.127. The summed E-state index contributed by atoms with van der Waals surface area (Å²) in [6.07, 6.45) is -0.374. The van der Waals surface area contributed by atoms with Gasteiger partial charge in [0.2, 0.25) is 0 Å². The second-order valence-electron chi connectivity index (χ2n) is 3.80. The minimum Gasteiger partial charge on any atom is -0.448 e. The fourth-order valence-electron chi connectivity index (χ4n) is 1.74. The van der Waals surface area contributed by atoms with Gasteiger partial charge >= 0.3 is 6.09 Å². The number of ether oxygens (including phenoxy) is 1. The van der Waals surface area contributed by atoms with Crippen molar-refractivity contribution in [2.75, 3.05) is 18.1 Å². The number of carbonyl (C=O) groups is 1. The van der Waals surface area contributed by atoms with E-state index in [1.807, 2.05) is 31.2 Å². The first-order chi connectivity index (χ1) is 7.72. The van der Waals surface area contributed by atoms with Crippen LogP contribution in [0, 0.1) is 24.2 Å². The lowest BCUT2D eigenvalue weighted by atomic mass is 10.1. The molecule has 82 valence electrons. The lowest BCUT2D eigenvalue weighted by Crippen LogP contribution is -2.43. The van der Waals surface area contributed by atoms with E-state index in [4.69, 9.17) is 10.00 Å². The van der Waals surface area contributed by atoms with Crippen LogP contribution < -0.4 is 4.90 Å². The molecule has 1 heterocycles. The van der Waals surface area contributed by atoms with E-state index in [9.17, 15) is 4.79 Å². The van der Waals surface area contributed by atoms with Crippen LogP contribution in [0.2, 0.25) is 0 Å². The van der Waals surface area contributed by atoms with Crippen molar-refractivity contribution in [2.24, 2.45) is 5.92 Å². The maximum atomic E-state index is 11.6. The Bertz CT molecular complexity index is 451. The summed E-state index contributed by atoms with van der Waals surface area (Å²) in [5.74, 6) is -0.252. The number of para-hydroxylation sites is 1. The number of benzene rings is 1. The first-order valence-corrected chi connectivity index (χ1v) is 5.12. The highest BCUT2D eigenvalue weighted by molar-refractivity contribution is 5.89. The first-order valence-electron chi connectivity index (χ1n) is 5.12. The predicted molar refractivity (Wildman–Crippen MR) is 59.0 cm³/mol. The first kappa shape index (κ1) is 10.5. The molecule has 1 atom stereocenters. The smallest absolute Gasteiger partial charge is 0.414 e. The highest BCUT2D eigenvalue weighted by Crippen LogP contribution is 2.23. The molecule has 1 aromatic carbocycles. The quantitative estimate of drug-likeness (QED) is 0.722. The monoisotopic (exact) mass is 216 g/mol. The van der Waals surface area contributed by atoms with E-state index >= 15 is 0 Å². The number of carbonyl (C=O) groups excluding carboxylic acids is 1. The Morgan fingerprint density at radius 2 is 2.25 bits per heavy atom. The van der Waals surface area contributed by atoms with Crippen LogP contribution in [0.4, 0.5) is 10.5 Å². The van der Waals surface area contributed by atoms with Crippen LogP contribution in [0.25, 0.3) is 0 Å². The van der Waals surface area contributed by atoms with E-state index in [-0.39, 0.29) is 18.6 Å². The highest BCUT2D eigenvalue weighted by atomic mass is 16.6. The van der Waals surface area contributed by atoms with Gasteiger partial charge in [0.25, 0.3) is 0 Å². The largest absolute Gasteiger partial charge is 0.448 e. The van der Waals surface area contributed by atoms with Gasteiger partial charge in [-0.15, -0.1) is 0 Å². The normalized spacial score (nSPS) is 20.1. The number of rotatable bonds is 1. The molecule has 1 amide bonds. The molecular weight excluding hydrogens is 204 g/mol. The maximum Gasteiger partial charge on any atom is 0.414 e. The molecule has 4 nitrogen and oxygen atoms in total.